The Balaban J connectivity index is 1.17. The molecule has 0 unspecified atom stereocenters. The van der Waals surface area contributed by atoms with Crippen LogP contribution in [0, 0.1) is 18.3 Å². The summed E-state index contributed by atoms with van der Waals surface area (Å²) < 4.78 is 12.6. The molecule has 1 atom stereocenters. The predicted octanol–water partition coefficient (Wildman–Crippen LogP) is 5.48. The van der Waals surface area contributed by atoms with Crippen LogP contribution < -0.4 is 19.7 Å². The minimum absolute atomic E-state index is 0.122. The minimum Gasteiger partial charge on any atom is -0.488 e. The summed E-state index contributed by atoms with van der Waals surface area (Å²) in [5.74, 6) is -0.126. The predicted molar refractivity (Wildman–Crippen MR) is 203 cm³/mol. The van der Waals surface area contributed by atoms with Crippen LogP contribution in [0.25, 0.3) is 11.1 Å². The van der Waals surface area contributed by atoms with E-state index in [1.165, 1.54) is 17.4 Å². The van der Waals surface area contributed by atoms with Gasteiger partial charge in [0.2, 0.25) is 0 Å². The molecule has 278 valence electrons. The number of piperidine rings is 1. The van der Waals surface area contributed by atoms with Gasteiger partial charge in [-0.1, -0.05) is 41.9 Å². The van der Waals surface area contributed by atoms with Crippen LogP contribution in [0.4, 0.5) is 5.69 Å². The monoisotopic (exact) mass is 739 g/mol. The average molecular weight is 740 g/mol. The number of aromatic nitrogens is 1. The highest BCUT2D eigenvalue weighted by Crippen LogP contribution is 2.40. The van der Waals surface area contributed by atoms with Crippen molar-refractivity contribution in [2.24, 2.45) is 0 Å². The number of rotatable bonds is 16. The van der Waals surface area contributed by atoms with E-state index in [1.54, 1.807) is 18.3 Å². The Kier molecular flexibility index (Phi) is 12.8. The lowest BCUT2D eigenvalue weighted by molar-refractivity contribution is -0.140. The van der Waals surface area contributed by atoms with Gasteiger partial charge in [-0.05, 0) is 74.0 Å². The van der Waals surface area contributed by atoms with E-state index < -0.39 is 18.6 Å². The number of aliphatic hydroxyl groups excluding tert-OH is 2. The van der Waals surface area contributed by atoms with Crippen LogP contribution in [-0.4, -0.2) is 82.6 Å². The molecule has 12 heteroatoms. The number of hydrogen-bond acceptors (Lipinski definition) is 10. The lowest BCUT2D eigenvalue weighted by Gasteiger charge is -2.30. The summed E-state index contributed by atoms with van der Waals surface area (Å²) in [6.45, 7) is 6.73. The number of aliphatic carboxylic acids is 1. The quantitative estimate of drug-likeness (QED) is 0.116. The van der Waals surface area contributed by atoms with E-state index >= 15 is 0 Å². The van der Waals surface area contributed by atoms with E-state index in [0.717, 1.165) is 80.7 Å². The standard InChI is InChI=1S/C41H46ClN5O6/c1-27-17-31(23-45-36(24-48)41(50)51)39(52-25-29-18-28(20-43)21-44-22-29)19-38(27)53-26-30-5-2-7-35(40(30)42)33-6-3-8-37-34(33)11-16-47(37)13-4-12-46-14-9-32(49)10-15-46/h2-3,5-8,17-19,21-22,32,36,45,48-49H,4,9-16,23-26H2,1H3,(H,50,51)/t36-/m0/s1. The maximum absolute atomic E-state index is 11.5. The first-order chi connectivity index (χ1) is 25.7. The van der Waals surface area contributed by atoms with Crippen molar-refractivity contribution < 1.29 is 29.6 Å². The first-order valence-electron chi connectivity index (χ1n) is 18.1. The van der Waals surface area contributed by atoms with Crippen molar-refractivity contribution >= 4 is 23.3 Å². The van der Waals surface area contributed by atoms with Crippen LogP contribution in [0.3, 0.4) is 0 Å². The van der Waals surface area contributed by atoms with Gasteiger partial charge in [0.25, 0.3) is 0 Å². The van der Waals surface area contributed by atoms with E-state index in [9.17, 15) is 25.4 Å². The molecule has 3 heterocycles. The van der Waals surface area contributed by atoms with Crippen molar-refractivity contribution in [3.8, 4) is 28.7 Å². The topological polar surface area (TPSA) is 151 Å². The SMILES string of the molecule is Cc1cc(CN[C@@H](CO)C(=O)O)c(OCc2cncc(C#N)c2)cc1OCc1cccc(-c2cccc3c2CCN3CCCN2CCC(O)CC2)c1Cl. The molecule has 1 fully saturated rings. The molecule has 2 aliphatic rings. The summed E-state index contributed by atoms with van der Waals surface area (Å²) in [6.07, 6.45) is 6.70. The van der Waals surface area contributed by atoms with Gasteiger partial charge < -0.3 is 34.6 Å². The second-order valence-corrected chi connectivity index (χ2v) is 14.1. The van der Waals surface area contributed by atoms with Gasteiger partial charge in [0.1, 0.15) is 36.8 Å². The number of aliphatic hydroxyl groups is 2. The van der Waals surface area contributed by atoms with Crippen molar-refractivity contribution in [1.29, 1.82) is 5.26 Å². The van der Waals surface area contributed by atoms with E-state index in [1.807, 2.05) is 25.1 Å². The number of ether oxygens (including phenoxy) is 2. The Morgan fingerprint density at radius 1 is 1.02 bits per heavy atom. The number of fused-ring (bicyclic) bond motifs is 1. The highest BCUT2D eigenvalue weighted by molar-refractivity contribution is 6.34. The van der Waals surface area contributed by atoms with E-state index in [0.29, 0.717) is 33.2 Å². The number of carboxylic acid groups (broad SMARTS) is 1. The number of nitrogens with zero attached hydrogens (tertiary/aromatic N) is 4. The molecule has 2 aliphatic heterocycles. The first kappa shape index (κ1) is 38.0. The molecule has 53 heavy (non-hydrogen) atoms. The van der Waals surface area contributed by atoms with Crippen LogP contribution in [0.5, 0.6) is 11.5 Å². The number of aryl methyl sites for hydroxylation is 1. The number of carboxylic acids is 1. The Labute approximate surface area is 315 Å². The van der Waals surface area contributed by atoms with Crippen molar-refractivity contribution in [2.75, 3.05) is 44.2 Å². The normalized spacial score (nSPS) is 15.2. The largest absolute Gasteiger partial charge is 0.488 e. The summed E-state index contributed by atoms with van der Waals surface area (Å²) >= 11 is 7.13. The van der Waals surface area contributed by atoms with Crippen molar-refractivity contribution in [3.05, 3.63) is 105 Å². The molecule has 0 radical (unpaired) electrons. The van der Waals surface area contributed by atoms with Gasteiger partial charge in [-0.3, -0.25) is 15.1 Å². The number of carbonyl (C=O) groups is 1. The summed E-state index contributed by atoms with van der Waals surface area (Å²) in [5.41, 5.74) is 8.09. The molecule has 3 aromatic carbocycles. The Bertz CT molecular complexity index is 1940. The average Bonchev–Trinajstić information content (AvgIpc) is 3.58. The molecule has 0 amide bonds. The van der Waals surface area contributed by atoms with Crippen LogP contribution >= 0.6 is 11.6 Å². The molecule has 6 rings (SSSR count). The van der Waals surface area contributed by atoms with Gasteiger partial charge in [0.05, 0.1) is 23.3 Å². The van der Waals surface area contributed by atoms with Gasteiger partial charge in [0.15, 0.2) is 0 Å². The fraction of sp³-hybridized carbons (Fsp3) is 0.390. The van der Waals surface area contributed by atoms with Gasteiger partial charge >= 0.3 is 5.97 Å². The lowest BCUT2D eigenvalue weighted by Crippen LogP contribution is -2.39. The molecule has 4 N–H and O–H groups in total. The summed E-state index contributed by atoms with van der Waals surface area (Å²) in [6, 6.07) is 18.7. The summed E-state index contributed by atoms with van der Waals surface area (Å²) in [7, 11) is 0. The third-order valence-corrected chi connectivity index (χ3v) is 10.5. The fourth-order valence-electron chi connectivity index (χ4n) is 7.08. The number of benzene rings is 3. The highest BCUT2D eigenvalue weighted by Gasteiger charge is 2.24. The van der Waals surface area contributed by atoms with Crippen LogP contribution in [0.2, 0.25) is 5.02 Å². The molecular weight excluding hydrogens is 694 g/mol. The molecule has 0 saturated carbocycles. The number of hydrogen-bond donors (Lipinski definition) is 4. The second-order valence-electron chi connectivity index (χ2n) is 13.7. The van der Waals surface area contributed by atoms with Crippen LogP contribution in [0.1, 0.15) is 52.6 Å². The van der Waals surface area contributed by atoms with E-state index in [2.05, 4.69) is 50.4 Å². The van der Waals surface area contributed by atoms with Crippen molar-refractivity contribution in [1.82, 2.24) is 15.2 Å². The van der Waals surface area contributed by atoms with Gasteiger partial charge in [0, 0.05) is 79.1 Å². The zero-order valence-electron chi connectivity index (χ0n) is 29.9. The molecule has 4 aromatic rings. The number of halogens is 1. The Morgan fingerprint density at radius 3 is 2.57 bits per heavy atom. The summed E-state index contributed by atoms with van der Waals surface area (Å²) in [4.78, 5) is 20.6. The molecule has 0 spiro atoms. The Morgan fingerprint density at radius 2 is 1.79 bits per heavy atom. The highest BCUT2D eigenvalue weighted by atomic mass is 35.5. The van der Waals surface area contributed by atoms with Gasteiger partial charge in [-0.25, -0.2) is 0 Å². The first-order valence-corrected chi connectivity index (χ1v) is 18.5. The van der Waals surface area contributed by atoms with Crippen molar-refractivity contribution in [3.63, 3.8) is 0 Å². The number of nitrogens with one attached hydrogen (secondary N) is 1. The minimum atomic E-state index is -1.16. The lowest BCUT2D eigenvalue weighted by atomic mass is 9.96. The molecule has 0 aliphatic carbocycles. The van der Waals surface area contributed by atoms with E-state index in [4.69, 9.17) is 21.1 Å². The maximum Gasteiger partial charge on any atom is 0.323 e. The second kappa shape index (κ2) is 17.9. The number of pyridine rings is 1. The fourth-order valence-corrected chi connectivity index (χ4v) is 7.36. The summed E-state index contributed by atoms with van der Waals surface area (Å²) in [5, 5.41) is 41.6. The Hall–Kier alpha value is -4.70. The van der Waals surface area contributed by atoms with Gasteiger partial charge in [-0.2, -0.15) is 5.26 Å². The van der Waals surface area contributed by atoms with E-state index in [-0.39, 0.29) is 25.9 Å². The van der Waals surface area contributed by atoms with Gasteiger partial charge in [-0.15, -0.1) is 0 Å². The number of nitriles is 1. The zero-order chi connectivity index (χ0) is 37.3. The zero-order valence-corrected chi connectivity index (χ0v) is 30.7. The number of likely N-dealkylation sites (tertiary alicyclic amines) is 1. The van der Waals surface area contributed by atoms with Crippen LogP contribution in [0.15, 0.2) is 67.0 Å². The maximum atomic E-state index is 11.5. The third-order valence-electron chi connectivity index (χ3n) is 10.0. The molecule has 0 bridgehead atoms. The molecule has 1 aromatic heterocycles. The third kappa shape index (κ3) is 9.46. The van der Waals surface area contributed by atoms with Crippen molar-refractivity contribution in [2.45, 2.75) is 64.5 Å². The van der Waals surface area contributed by atoms with Crippen LogP contribution in [-0.2, 0) is 31.0 Å². The molecule has 1 saturated heterocycles. The smallest absolute Gasteiger partial charge is 0.323 e. The number of anilines is 1. The molecule has 11 nitrogen and oxygen atoms in total. The molecular formula is C41H46ClN5O6.